The molecule has 2 aliphatic carbocycles. The van der Waals surface area contributed by atoms with Crippen LogP contribution < -0.4 is 9.47 Å². The van der Waals surface area contributed by atoms with Gasteiger partial charge in [-0.15, -0.1) is 0 Å². The number of allylic oxidation sites excluding steroid dienone is 4. The molecule has 150 valence electrons. The second-order valence-corrected chi connectivity index (χ2v) is 8.00. The minimum Gasteiger partial charge on any atom is -0.493 e. The summed E-state index contributed by atoms with van der Waals surface area (Å²) in [7, 11) is 3.30. The molecule has 0 amide bonds. The molecule has 2 aromatic rings. The van der Waals surface area contributed by atoms with Gasteiger partial charge in [-0.05, 0) is 60.6 Å². The number of rotatable bonds is 6. The third kappa shape index (κ3) is 3.74. The van der Waals surface area contributed by atoms with Crippen molar-refractivity contribution < 1.29 is 14.3 Å². The number of benzene rings is 2. The first-order valence-corrected chi connectivity index (χ1v) is 10.3. The van der Waals surface area contributed by atoms with E-state index in [4.69, 9.17) is 9.47 Å². The number of aryl methyl sites for hydroxylation is 1. The lowest BCUT2D eigenvalue weighted by molar-refractivity contribution is -0.125. The van der Waals surface area contributed by atoms with E-state index in [1.54, 1.807) is 14.2 Å². The largest absolute Gasteiger partial charge is 0.493 e. The van der Waals surface area contributed by atoms with E-state index < -0.39 is 0 Å². The number of hydrogen-bond donors (Lipinski definition) is 0. The molecule has 0 bridgehead atoms. The van der Waals surface area contributed by atoms with Crippen molar-refractivity contribution in [1.29, 1.82) is 0 Å². The summed E-state index contributed by atoms with van der Waals surface area (Å²) >= 11 is 0. The van der Waals surface area contributed by atoms with Gasteiger partial charge in [-0.1, -0.05) is 48.6 Å². The van der Waals surface area contributed by atoms with Crippen molar-refractivity contribution in [3.63, 3.8) is 0 Å². The zero-order valence-corrected chi connectivity index (χ0v) is 17.4. The van der Waals surface area contributed by atoms with Crippen molar-refractivity contribution in [3.05, 3.63) is 77.4 Å². The molecule has 3 heteroatoms. The Morgan fingerprint density at radius 3 is 2.38 bits per heavy atom. The van der Waals surface area contributed by atoms with Crippen LogP contribution in [-0.4, -0.2) is 20.0 Å². The molecular formula is C26H28O3. The van der Waals surface area contributed by atoms with E-state index in [1.165, 1.54) is 16.7 Å². The van der Waals surface area contributed by atoms with E-state index >= 15 is 0 Å². The first-order valence-electron chi connectivity index (χ1n) is 10.3. The van der Waals surface area contributed by atoms with Gasteiger partial charge in [-0.25, -0.2) is 0 Å². The lowest BCUT2D eigenvalue weighted by Crippen LogP contribution is -2.24. The van der Waals surface area contributed by atoms with E-state index in [1.807, 2.05) is 12.1 Å². The van der Waals surface area contributed by atoms with Crippen molar-refractivity contribution in [2.45, 2.75) is 32.1 Å². The van der Waals surface area contributed by atoms with Crippen molar-refractivity contribution >= 4 is 11.4 Å². The van der Waals surface area contributed by atoms with Crippen molar-refractivity contribution in [1.82, 2.24) is 0 Å². The van der Waals surface area contributed by atoms with Gasteiger partial charge < -0.3 is 9.47 Å². The molecule has 1 unspecified atom stereocenters. The number of ketones is 1. The van der Waals surface area contributed by atoms with Gasteiger partial charge in [0.05, 0.1) is 14.2 Å². The Balaban J connectivity index is 1.71. The highest BCUT2D eigenvalue weighted by molar-refractivity contribution is 5.90. The SMILES string of the molecule is COc1ccc(C2=CC(C(=O)C3CC=CC3)[C@H](c3ccccc3C)C2)cc1OC. The van der Waals surface area contributed by atoms with Crippen LogP contribution in [0.5, 0.6) is 11.5 Å². The quantitative estimate of drug-likeness (QED) is 0.593. The van der Waals surface area contributed by atoms with E-state index in [9.17, 15) is 4.79 Å². The average Bonchev–Trinajstić information content (AvgIpc) is 3.43. The van der Waals surface area contributed by atoms with Gasteiger partial charge in [0.2, 0.25) is 0 Å². The van der Waals surface area contributed by atoms with Crippen LogP contribution in [0, 0.1) is 18.8 Å². The fourth-order valence-electron chi connectivity index (χ4n) is 4.72. The molecule has 0 N–H and O–H groups in total. The molecule has 0 fully saturated rings. The monoisotopic (exact) mass is 388 g/mol. The number of carbonyl (C=O) groups is 1. The number of methoxy groups -OCH3 is 2. The summed E-state index contributed by atoms with van der Waals surface area (Å²) in [5.41, 5.74) is 4.84. The van der Waals surface area contributed by atoms with E-state index in [0.29, 0.717) is 11.5 Å². The normalized spacial score (nSPS) is 21.3. The Bertz CT molecular complexity index is 962. The molecule has 0 heterocycles. The maximum atomic E-state index is 13.4. The van der Waals surface area contributed by atoms with Crippen LogP contribution in [0.3, 0.4) is 0 Å². The van der Waals surface area contributed by atoms with Crippen LogP contribution in [0.4, 0.5) is 0 Å². The fourth-order valence-corrected chi connectivity index (χ4v) is 4.72. The molecule has 2 aliphatic rings. The molecule has 0 saturated carbocycles. The summed E-state index contributed by atoms with van der Waals surface area (Å²) in [6.07, 6.45) is 9.08. The number of ether oxygens (including phenoxy) is 2. The van der Waals surface area contributed by atoms with Gasteiger partial charge in [-0.2, -0.15) is 0 Å². The molecule has 0 spiro atoms. The minimum absolute atomic E-state index is 0.0795. The van der Waals surface area contributed by atoms with Gasteiger partial charge in [-0.3, -0.25) is 4.79 Å². The molecule has 2 aromatic carbocycles. The Labute approximate surface area is 173 Å². The van der Waals surface area contributed by atoms with Gasteiger partial charge >= 0.3 is 0 Å². The van der Waals surface area contributed by atoms with Crippen LogP contribution in [0.1, 0.15) is 41.9 Å². The standard InChI is InChI=1S/C26H28O3/c1-17-8-4-7-11-21(17)22-14-20(15-23(22)26(27)18-9-5-6-10-18)19-12-13-24(28-2)25(16-19)29-3/h4-8,11-13,15-16,18,22-23H,9-10,14H2,1-3H3/t22-,23?/m0/s1. The smallest absolute Gasteiger partial charge is 0.161 e. The predicted molar refractivity (Wildman–Crippen MR) is 116 cm³/mol. The van der Waals surface area contributed by atoms with Crippen LogP contribution >= 0.6 is 0 Å². The van der Waals surface area contributed by atoms with Crippen LogP contribution in [0.15, 0.2) is 60.7 Å². The summed E-state index contributed by atoms with van der Waals surface area (Å²) in [6, 6.07) is 14.5. The molecule has 29 heavy (non-hydrogen) atoms. The first-order chi connectivity index (χ1) is 14.1. The van der Waals surface area contributed by atoms with E-state index in [2.05, 4.69) is 55.5 Å². The molecule has 0 radical (unpaired) electrons. The topological polar surface area (TPSA) is 35.5 Å². The summed E-state index contributed by atoms with van der Waals surface area (Å²) in [4.78, 5) is 13.4. The predicted octanol–water partition coefficient (Wildman–Crippen LogP) is 5.73. The third-order valence-electron chi connectivity index (χ3n) is 6.34. The number of carbonyl (C=O) groups excluding carboxylic acids is 1. The number of hydrogen-bond acceptors (Lipinski definition) is 3. The lowest BCUT2D eigenvalue weighted by atomic mass is 9.79. The van der Waals surface area contributed by atoms with E-state index in [-0.39, 0.29) is 17.8 Å². The Morgan fingerprint density at radius 1 is 0.966 bits per heavy atom. The third-order valence-corrected chi connectivity index (χ3v) is 6.34. The van der Waals surface area contributed by atoms with Crippen molar-refractivity contribution in [2.75, 3.05) is 14.2 Å². The van der Waals surface area contributed by atoms with Crippen molar-refractivity contribution in [3.8, 4) is 11.5 Å². The fraction of sp³-hybridized carbons (Fsp3) is 0.346. The summed E-state index contributed by atoms with van der Waals surface area (Å²) in [5, 5.41) is 0. The second kappa shape index (κ2) is 8.28. The highest BCUT2D eigenvalue weighted by Gasteiger charge is 2.38. The number of Topliss-reactive ketones (excluding diaryl/α,β-unsaturated/α-hetero) is 1. The van der Waals surface area contributed by atoms with Crippen LogP contribution in [0.2, 0.25) is 0 Å². The average molecular weight is 389 g/mol. The molecule has 2 atom stereocenters. The Morgan fingerprint density at radius 2 is 1.69 bits per heavy atom. The van der Waals surface area contributed by atoms with Crippen LogP contribution in [0.25, 0.3) is 5.57 Å². The molecule has 0 aliphatic heterocycles. The van der Waals surface area contributed by atoms with Gasteiger partial charge in [0.25, 0.3) is 0 Å². The molecule has 0 saturated heterocycles. The Kier molecular flexibility index (Phi) is 5.57. The van der Waals surface area contributed by atoms with Gasteiger partial charge in [0, 0.05) is 17.8 Å². The van der Waals surface area contributed by atoms with E-state index in [0.717, 1.165) is 30.6 Å². The van der Waals surface area contributed by atoms with Crippen LogP contribution in [-0.2, 0) is 4.79 Å². The second-order valence-electron chi connectivity index (χ2n) is 8.00. The first kappa shape index (κ1) is 19.5. The summed E-state index contributed by atoms with van der Waals surface area (Å²) < 4.78 is 10.9. The summed E-state index contributed by atoms with van der Waals surface area (Å²) in [5.74, 6) is 2.03. The zero-order chi connectivity index (χ0) is 20.4. The molecule has 4 rings (SSSR count). The minimum atomic E-state index is -0.0795. The molecule has 3 nitrogen and oxygen atoms in total. The highest BCUT2D eigenvalue weighted by Crippen LogP contribution is 2.46. The highest BCUT2D eigenvalue weighted by atomic mass is 16.5. The maximum absolute atomic E-state index is 13.4. The van der Waals surface area contributed by atoms with Gasteiger partial charge in [0.15, 0.2) is 11.5 Å². The van der Waals surface area contributed by atoms with Crippen molar-refractivity contribution in [2.24, 2.45) is 11.8 Å². The Hall–Kier alpha value is -2.81. The lowest BCUT2D eigenvalue weighted by Gasteiger charge is -2.23. The maximum Gasteiger partial charge on any atom is 0.161 e. The zero-order valence-electron chi connectivity index (χ0n) is 17.4. The van der Waals surface area contributed by atoms with Gasteiger partial charge in [0.1, 0.15) is 5.78 Å². The molecule has 0 aromatic heterocycles. The summed E-state index contributed by atoms with van der Waals surface area (Å²) in [6.45, 7) is 2.14. The molecular weight excluding hydrogens is 360 g/mol.